The van der Waals surface area contributed by atoms with E-state index in [4.69, 9.17) is 14.6 Å². The molecule has 134 valence electrons. The van der Waals surface area contributed by atoms with Gasteiger partial charge in [-0.05, 0) is 29.8 Å². The normalized spacial score (nSPS) is 15.4. The van der Waals surface area contributed by atoms with Gasteiger partial charge < -0.3 is 15.2 Å². The van der Waals surface area contributed by atoms with Crippen LogP contribution in [0.15, 0.2) is 54.6 Å². The lowest BCUT2D eigenvalue weighted by atomic mass is 9.87. The van der Waals surface area contributed by atoms with Crippen LogP contribution in [0.4, 0.5) is 17.6 Å². The molecule has 1 heterocycles. The third kappa shape index (κ3) is 4.93. The van der Waals surface area contributed by atoms with Gasteiger partial charge >= 0.3 is 12.1 Å². The smallest absolute Gasteiger partial charge is 0.480 e. The first-order chi connectivity index (χ1) is 11.7. The van der Waals surface area contributed by atoms with Crippen LogP contribution >= 0.6 is 0 Å². The molecule has 1 fully saturated rings. The maximum absolute atomic E-state index is 13.0. The number of hydrogen-bond acceptors (Lipinski definition) is 3. The molecule has 2 aromatic carbocycles. The Bertz CT molecular complexity index is 698. The van der Waals surface area contributed by atoms with E-state index >= 15 is 0 Å². The number of halogens is 4. The van der Waals surface area contributed by atoms with Crippen LogP contribution in [-0.2, 0) is 10.4 Å². The van der Waals surface area contributed by atoms with Crippen molar-refractivity contribution in [3.05, 3.63) is 66.0 Å². The predicted molar refractivity (Wildman–Crippen MR) is 81.7 cm³/mol. The molecule has 0 aliphatic carbocycles. The number of carboxylic acids is 1. The van der Waals surface area contributed by atoms with Crippen molar-refractivity contribution in [2.45, 2.75) is 11.8 Å². The van der Waals surface area contributed by atoms with Crippen molar-refractivity contribution in [2.24, 2.45) is 0 Å². The fourth-order valence-corrected chi connectivity index (χ4v) is 2.16. The number of aliphatic carboxylic acids is 1. The van der Waals surface area contributed by atoms with E-state index in [2.05, 4.69) is 5.32 Å². The molecule has 8 heteroatoms. The molecule has 0 bridgehead atoms. The van der Waals surface area contributed by atoms with Crippen LogP contribution in [0.1, 0.15) is 5.56 Å². The average Bonchev–Trinajstić information content (AvgIpc) is 2.53. The van der Waals surface area contributed by atoms with Gasteiger partial charge in [-0.15, -0.1) is 0 Å². The highest BCUT2D eigenvalue weighted by atomic mass is 19.4. The number of ether oxygens (including phenoxy) is 1. The number of hydrogen-bond donors (Lipinski definition) is 2. The average molecular weight is 357 g/mol. The third-order valence-electron chi connectivity index (χ3n) is 3.49. The molecule has 0 saturated carbocycles. The molecule has 25 heavy (non-hydrogen) atoms. The monoisotopic (exact) mass is 357 g/mol. The van der Waals surface area contributed by atoms with E-state index in [0.29, 0.717) is 0 Å². The zero-order valence-electron chi connectivity index (χ0n) is 12.9. The quantitative estimate of drug-likeness (QED) is 0.828. The maximum atomic E-state index is 13.0. The van der Waals surface area contributed by atoms with E-state index in [1.807, 2.05) is 30.3 Å². The number of carboxylic acid groups (broad SMARTS) is 1. The van der Waals surface area contributed by atoms with Crippen molar-refractivity contribution in [1.82, 2.24) is 5.32 Å². The molecule has 0 aromatic heterocycles. The van der Waals surface area contributed by atoms with Crippen molar-refractivity contribution in [3.8, 4) is 5.75 Å². The Balaban J connectivity index is 0.000000277. The lowest BCUT2D eigenvalue weighted by Crippen LogP contribution is -2.60. The van der Waals surface area contributed by atoms with E-state index in [1.165, 1.54) is 12.1 Å². The van der Waals surface area contributed by atoms with Gasteiger partial charge in [-0.2, -0.15) is 13.2 Å². The number of alkyl halides is 3. The van der Waals surface area contributed by atoms with Crippen molar-refractivity contribution >= 4 is 5.97 Å². The highest BCUT2D eigenvalue weighted by Gasteiger charge is 2.41. The molecular formula is C17H15F4NO3. The van der Waals surface area contributed by atoms with Crippen molar-refractivity contribution in [2.75, 3.05) is 13.1 Å². The molecular weight excluding hydrogens is 342 g/mol. The summed E-state index contributed by atoms with van der Waals surface area (Å²) >= 11 is 0. The van der Waals surface area contributed by atoms with Crippen LogP contribution in [0, 0.1) is 5.82 Å². The highest BCUT2D eigenvalue weighted by Crippen LogP contribution is 2.31. The molecule has 0 amide bonds. The molecule has 1 saturated heterocycles. The molecule has 1 aliphatic rings. The predicted octanol–water partition coefficient (Wildman–Crippen LogP) is 3.34. The van der Waals surface area contributed by atoms with Gasteiger partial charge in [0, 0.05) is 13.1 Å². The van der Waals surface area contributed by atoms with Crippen LogP contribution in [0.2, 0.25) is 0 Å². The molecule has 0 spiro atoms. The van der Waals surface area contributed by atoms with Crippen LogP contribution < -0.4 is 10.1 Å². The zero-order valence-corrected chi connectivity index (χ0v) is 12.9. The van der Waals surface area contributed by atoms with Gasteiger partial charge in [0.15, 0.2) is 5.60 Å². The summed E-state index contributed by atoms with van der Waals surface area (Å²) in [6, 6.07) is 16.2. The van der Waals surface area contributed by atoms with E-state index in [0.717, 1.165) is 24.4 Å². The summed E-state index contributed by atoms with van der Waals surface area (Å²) in [5.74, 6) is -2.14. The minimum Gasteiger partial charge on any atom is -0.480 e. The number of para-hydroxylation sites is 1. The van der Waals surface area contributed by atoms with Gasteiger partial charge in [-0.1, -0.05) is 30.3 Å². The topological polar surface area (TPSA) is 58.6 Å². The first-order valence-corrected chi connectivity index (χ1v) is 7.24. The summed E-state index contributed by atoms with van der Waals surface area (Å²) in [4.78, 5) is 8.90. The fourth-order valence-electron chi connectivity index (χ4n) is 2.16. The lowest BCUT2D eigenvalue weighted by Gasteiger charge is -2.43. The van der Waals surface area contributed by atoms with E-state index in [9.17, 15) is 17.6 Å². The molecule has 0 atom stereocenters. The molecule has 3 rings (SSSR count). The standard InChI is InChI=1S/C15H14FNO.C2HF3O2/c16-13-8-6-12(7-9-13)15(10-17-11-15)18-14-4-2-1-3-5-14;3-2(4,5)1(6)7/h1-9,17H,10-11H2;(H,6,7). The van der Waals surface area contributed by atoms with Crippen molar-refractivity contribution in [1.29, 1.82) is 0 Å². The first kappa shape index (κ1) is 18.7. The Morgan fingerprint density at radius 2 is 1.56 bits per heavy atom. The molecule has 0 unspecified atom stereocenters. The second-order valence-electron chi connectivity index (χ2n) is 5.32. The summed E-state index contributed by atoms with van der Waals surface area (Å²) < 4.78 is 50.8. The van der Waals surface area contributed by atoms with Gasteiger partial charge in [0.05, 0.1) is 0 Å². The third-order valence-corrected chi connectivity index (χ3v) is 3.49. The Hall–Kier alpha value is -2.61. The second kappa shape index (κ2) is 7.52. The van der Waals surface area contributed by atoms with Crippen molar-refractivity contribution in [3.63, 3.8) is 0 Å². The van der Waals surface area contributed by atoms with Gasteiger partial charge in [0.1, 0.15) is 11.6 Å². The molecule has 2 aromatic rings. The first-order valence-electron chi connectivity index (χ1n) is 7.24. The second-order valence-corrected chi connectivity index (χ2v) is 5.32. The summed E-state index contributed by atoms with van der Waals surface area (Å²) in [6.07, 6.45) is -5.08. The number of benzene rings is 2. The van der Waals surface area contributed by atoms with E-state index in [1.54, 1.807) is 12.1 Å². The summed E-state index contributed by atoms with van der Waals surface area (Å²) in [6.45, 7) is 1.49. The largest absolute Gasteiger partial charge is 0.490 e. The molecule has 0 radical (unpaired) electrons. The Labute approximate surface area is 141 Å². The molecule has 4 nitrogen and oxygen atoms in total. The Kier molecular flexibility index (Phi) is 5.63. The minimum absolute atomic E-state index is 0.221. The van der Waals surface area contributed by atoms with Gasteiger partial charge in [-0.3, -0.25) is 0 Å². The number of carbonyl (C=O) groups is 1. The van der Waals surface area contributed by atoms with E-state index < -0.39 is 12.1 Å². The summed E-state index contributed by atoms with van der Waals surface area (Å²) in [5.41, 5.74) is 0.640. The van der Waals surface area contributed by atoms with Crippen LogP contribution in [0.25, 0.3) is 0 Å². The summed E-state index contributed by atoms with van der Waals surface area (Å²) in [7, 11) is 0. The Morgan fingerprint density at radius 3 is 1.96 bits per heavy atom. The van der Waals surface area contributed by atoms with Crippen LogP contribution in [0.5, 0.6) is 5.75 Å². The molecule has 2 N–H and O–H groups in total. The van der Waals surface area contributed by atoms with Gasteiger partial charge in [0.2, 0.25) is 0 Å². The Morgan fingerprint density at radius 1 is 1.04 bits per heavy atom. The fraction of sp³-hybridized carbons (Fsp3) is 0.235. The summed E-state index contributed by atoms with van der Waals surface area (Å²) in [5, 5.41) is 10.3. The number of nitrogens with one attached hydrogen (secondary N) is 1. The molecule has 1 aliphatic heterocycles. The number of rotatable bonds is 3. The van der Waals surface area contributed by atoms with Crippen LogP contribution in [-0.4, -0.2) is 30.3 Å². The SMILES string of the molecule is Fc1ccc(C2(Oc3ccccc3)CNC2)cc1.O=C(O)C(F)(F)F. The van der Waals surface area contributed by atoms with Crippen molar-refractivity contribution < 1.29 is 32.2 Å². The van der Waals surface area contributed by atoms with Gasteiger partial charge in [-0.25, -0.2) is 9.18 Å². The maximum Gasteiger partial charge on any atom is 0.490 e. The van der Waals surface area contributed by atoms with E-state index in [-0.39, 0.29) is 11.4 Å². The van der Waals surface area contributed by atoms with Gasteiger partial charge in [0.25, 0.3) is 0 Å². The highest BCUT2D eigenvalue weighted by molar-refractivity contribution is 5.73. The van der Waals surface area contributed by atoms with Crippen LogP contribution in [0.3, 0.4) is 0 Å². The lowest BCUT2D eigenvalue weighted by molar-refractivity contribution is -0.192. The zero-order chi connectivity index (χ0) is 18.5. The minimum atomic E-state index is -5.08.